The maximum absolute atomic E-state index is 13.1. The van der Waals surface area contributed by atoms with Crippen molar-refractivity contribution in [1.82, 2.24) is 9.97 Å². The van der Waals surface area contributed by atoms with Gasteiger partial charge in [0.25, 0.3) is 0 Å². The molecule has 0 amide bonds. The number of hydrogen-bond acceptors (Lipinski definition) is 5. The van der Waals surface area contributed by atoms with Gasteiger partial charge in [0.1, 0.15) is 22.0 Å². The topological polar surface area (TPSA) is 35.0 Å². The predicted octanol–water partition coefficient (Wildman–Crippen LogP) is 4.24. The van der Waals surface area contributed by atoms with Crippen molar-refractivity contribution in [2.24, 2.45) is 0 Å². The van der Waals surface area contributed by atoms with Crippen LogP contribution >= 0.6 is 23.1 Å². The smallest absolute Gasteiger partial charge is 0.128 e. The van der Waals surface area contributed by atoms with Crippen molar-refractivity contribution in [3.63, 3.8) is 0 Å². The number of halogens is 1. The minimum absolute atomic E-state index is 0.232. The Kier molecular flexibility index (Phi) is 4.48. The van der Waals surface area contributed by atoms with Gasteiger partial charge < -0.3 is 4.74 Å². The van der Waals surface area contributed by atoms with E-state index in [2.05, 4.69) is 9.97 Å². The highest BCUT2D eigenvalue weighted by atomic mass is 32.2. The largest absolute Gasteiger partial charge is 0.384 e. The molecule has 3 aromatic rings. The number of aromatic nitrogens is 2. The lowest BCUT2D eigenvalue weighted by Crippen LogP contribution is -1.93. The standard InChI is InChI=1S/C15H13FN2OS2/c1-19-6-7-20-14-13-12(8-21-15(13)18-9-17-14)10-2-4-11(16)5-3-10/h2-5,8-9H,6-7H2,1H3. The molecule has 0 unspecified atom stereocenters. The molecule has 3 rings (SSSR count). The van der Waals surface area contributed by atoms with E-state index in [1.54, 1.807) is 48.7 Å². The van der Waals surface area contributed by atoms with Gasteiger partial charge in [-0.25, -0.2) is 14.4 Å². The number of nitrogens with zero attached hydrogens (tertiary/aromatic N) is 2. The van der Waals surface area contributed by atoms with Crippen LogP contribution < -0.4 is 0 Å². The lowest BCUT2D eigenvalue weighted by Gasteiger charge is -2.05. The number of thiophene rings is 1. The Labute approximate surface area is 130 Å². The number of rotatable bonds is 5. The maximum atomic E-state index is 13.1. The molecule has 3 nitrogen and oxygen atoms in total. The van der Waals surface area contributed by atoms with Crippen molar-refractivity contribution in [3.05, 3.63) is 41.8 Å². The van der Waals surface area contributed by atoms with Crippen LogP contribution in [0, 0.1) is 5.82 Å². The summed E-state index contributed by atoms with van der Waals surface area (Å²) in [5.41, 5.74) is 2.03. The van der Waals surface area contributed by atoms with Crippen LogP contribution in [0.5, 0.6) is 0 Å². The summed E-state index contributed by atoms with van der Waals surface area (Å²) in [5, 5.41) is 4.03. The lowest BCUT2D eigenvalue weighted by molar-refractivity contribution is 0.218. The summed E-state index contributed by atoms with van der Waals surface area (Å²) in [5.74, 6) is 0.602. The normalized spacial score (nSPS) is 11.1. The van der Waals surface area contributed by atoms with Crippen molar-refractivity contribution in [3.8, 4) is 11.1 Å². The van der Waals surface area contributed by atoms with Gasteiger partial charge in [-0.2, -0.15) is 0 Å². The van der Waals surface area contributed by atoms with Gasteiger partial charge in [0.05, 0.1) is 12.0 Å². The Morgan fingerprint density at radius 2 is 2.05 bits per heavy atom. The summed E-state index contributed by atoms with van der Waals surface area (Å²) < 4.78 is 18.2. The fourth-order valence-corrected chi connectivity index (χ4v) is 3.92. The monoisotopic (exact) mass is 320 g/mol. The van der Waals surface area contributed by atoms with Gasteiger partial charge in [0.15, 0.2) is 0 Å². The fourth-order valence-electron chi connectivity index (χ4n) is 2.02. The molecule has 0 atom stereocenters. The lowest BCUT2D eigenvalue weighted by atomic mass is 10.1. The zero-order chi connectivity index (χ0) is 14.7. The Balaban J connectivity index is 2.04. The predicted molar refractivity (Wildman–Crippen MR) is 85.4 cm³/mol. The van der Waals surface area contributed by atoms with Crippen molar-refractivity contribution in [2.75, 3.05) is 19.5 Å². The molecule has 0 saturated carbocycles. The summed E-state index contributed by atoms with van der Waals surface area (Å²) in [7, 11) is 1.69. The van der Waals surface area contributed by atoms with Gasteiger partial charge in [0, 0.05) is 23.8 Å². The second kappa shape index (κ2) is 6.51. The quantitative estimate of drug-likeness (QED) is 0.400. The van der Waals surface area contributed by atoms with E-state index in [1.165, 1.54) is 12.1 Å². The molecule has 6 heteroatoms. The Morgan fingerprint density at radius 1 is 1.24 bits per heavy atom. The van der Waals surface area contributed by atoms with Crippen LogP contribution in [0.1, 0.15) is 0 Å². The Morgan fingerprint density at radius 3 is 2.81 bits per heavy atom. The number of fused-ring (bicyclic) bond motifs is 1. The van der Waals surface area contributed by atoms with Crippen LogP contribution in [0.3, 0.4) is 0 Å². The molecule has 0 aliphatic carbocycles. The van der Waals surface area contributed by atoms with Crippen molar-refractivity contribution in [2.45, 2.75) is 5.03 Å². The summed E-state index contributed by atoms with van der Waals surface area (Å²) in [4.78, 5) is 9.65. The molecule has 21 heavy (non-hydrogen) atoms. The maximum Gasteiger partial charge on any atom is 0.128 e. The molecule has 0 bridgehead atoms. The van der Waals surface area contributed by atoms with E-state index in [0.717, 1.165) is 32.1 Å². The average molecular weight is 320 g/mol. The number of hydrogen-bond donors (Lipinski definition) is 0. The van der Waals surface area contributed by atoms with Crippen LogP contribution in [0.4, 0.5) is 4.39 Å². The first-order chi connectivity index (χ1) is 10.3. The Bertz CT molecular complexity index is 743. The van der Waals surface area contributed by atoms with Gasteiger partial charge in [-0.1, -0.05) is 12.1 Å². The minimum Gasteiger partial charge on any atom is -0.384 e. The first-order valence-electron chi connectivity index (χ1n) is 6.39. The summed E-state index contributed by atoms with van der Waals surface area (Å²) in [6.45, 7) is 0.673. The van der Waals surface area contributed by atoms with Crippen molar-refractivity contribution >= 4 is 33.3 Å². The van der Waals surface area contributed by atoms with Gasteiger partial charge >= 0.3 is 0 Å². The third-order valence-corrected chi connectivity index (χ3v) is 4.86. The first-order valence-corrected chi connectivity index (χ1v) is 8.26. The van der Waals surface area contributed by atoms with E-state index >= 15 is 0 Å². The molecule has 1 aromatic carbocycles. The highest BCUT2D eigenvalue weighted by molar-refractivity contribution is 7.99. The van der Waals surface area contributed by atoms with E-state index in [-0.39, 0.29) is 5.82 Å². The Hall–Kier alpha value is -1.50. The number of ether oxygens (including phenoxy) is 1. The number of thioether (sulfide) groups is 1. The summed E-state index contributed by atoms with van der Waals surface area (Å²) >= 11 is 3.22. The fraction of sp³-hybridized carbons (Fsp3) is 0.200. The SMILES string of the molecule is COCCSc1ncnc2scc(-c3ccc(F)cc3)c12. The molecule has 0 radical (unpaired) electrons. The average Bonchev–Trinajstić information content (AvgIpc) is 2.93. The molecular formula is C15H13FN2OS2. The first kappa shape index (κ1) is 14.4. The zero-order valence-electron chi connectivity index (χ0n) is 11.4. The highest BCUT2D eigenvalue weighted by Crippen LogP contribution is 2.37. The number of methoxy groups -OCH3 is 1. The van der Waals surface area contributed by atoms with Crippen LogP contribution in [-0.4, -0.2) is 29.4 Å². The molecule has 0 fully saturated rings. The molecule has 0 N–H and O–H groups in total. The van der Waals surface area contributed by atoms with E-state index in [4.69, 9.17) is 4.74 Å². The molecular weight excluding hydrogens is 307 g/mol. The van der Waals surface area contributed by atoms with Crippen LogP contribution in [0.2, 0.25) is 0 Å². The van der Waals surface area contributed by atoms with Crippen molar-refractivity contribution < 1.29 is 9.13 Å². The molecule has 0 saturated heterocycles. The van der Waals surface area contributed by atoms with Gasteiger partial charge in [-0.05, 0) is 17.7 Å². The molecule has 0 aliphatic rings. The van der Waals surface area contributed by atoms with Crippen molar-refractivity contribution in [1.29, 1.82) is 0 Å². The summed E-state index contributed by atoms with van der Waals surface area (Å²) in [6.07, 6.45) is 1.59. The molecule has 108 valence electrons. The third-order valence-electron chi connectivity index (χ3n) is 3.02. The second-order valence-corrected chi connectivity index (χ2v) is 6.30. The van der Waals surface area contributed by atoms with Crippen LogP contribution in [-0.2, 0) is 4.74 Å². The second-order valence-electron chi connectivity index (χ2n) is 4.36. The third kappa shape index (κ3) is 3.07. The van der Waals surface area contributed by atoms with Crippen LogP contribution in [0.15, 0.2) is 41.0 Å². The van der Waals surface area contributed by atoms with Crippen LogP contribution in [0.25, 0.3) is 21.3 Å². The molecule has 0 spiro atoms. The van der Waals surface area contributed by atoms with Gasteiger partial charge in [-0.15, -0.1) is 23.1 Å². The zero-order valence-corrected chi connectivity index (χ0v) is 13.0. The van der Waals surface area contributed by atoms with E-state index in [9.17, 15) is 4.39 Å². The molecule has 0 aliphatic heterocycles. The molecule has 2 heterocycles. The highest BCUT2D eigenvalue weighted by Gasteiger charge is 2.13. The minimum atomic E-state index is -0.232. The van der Waals surface area contributed by atoms with Gasteiger partial charge in [-0.3, -0.25) is 0 Å². The van der Waals surface area contributed by atoms with Gasteiger partial charge in [0.2, 0.25) is 0 Å². The number of benzene rings is 1. The van der Waals surface area contributed by atoms with E-state index < -0.39 is 0 Å². The van der Waals surface area contributed by atoms with E-state index in [0.29, 0.717) is 6.61 Å². The molecule has 2 aromatic heterocycles. The summed E-state index contributed by atoms with van der Waals surface area (Å²) in [6, 6.07) is 6.52. The van der Waals surface area contributed by atoms with E-state index in [1.807, 2.05) is 5.38 Å².